The molecule has 102 valence electrons. The van der Waals surface area contributed by atoms with E-state index in [2.05, 4.69) is 10.6 Å². The molecule has 0 radical (unpaired) electrons. The van der Waals surface area contributed by atoms with Gasteiger partial charge in [-0.3, -0.25) is 14.4 Å². The van der Waals surface area contributed by atoms with Crippen molar-refractivity contribution in [1.29, 1.82) is 0 Å². The summed E-state index contributed by atoms with van der Waals surface area (Å²) in [6.45, 7) is 3.16. The molecule has 0 fully saturated rings. The fourth-order valence-corrected chi connectivity index (χ4v) is 1.46. The minimum Gasteiger partial charge on any atom is -0.368 e. The van der Waals surface area contributed by atoms with Crippen LogP contribution in [0.25, 0.3) is 0 Å². The molecule has 19 heavy (non-hydrogen) atoms. The van der Waals surface area contributed by atoms with Gasteiger partial charge in [-0.25, -0.2) is 0 Å². The van der Waals surface area contributed by atoms with Crippen LogP contribution in [-0.2, 0) is 9.59 Å². The fourth-order valence-electron chi connectivity index (χ4n) is 1.46. The number of aryl methyl sites for hydroxylation is 1. The summed E-state index contributed by atoms with van der Waals surface area (Å²) in [5, 5.41) is 4.87. The van der Waals surface area contributed by atoms with Crippen LogP contribution in [0.3, 0.4) is 0 Å². The molecule has 0 bridgehead atoms. The van der Waals surface area contributed by atoms with Crippen molar-refractivity contribution in [2.45, 2.75) is 19.9 Å². The molecule has 0 aliphatic carbocycles. The lowest BCUT2D eigenvalue weighted by atomic mass is 10.1. The molecular weight excluding hydrogens is 246 g/mol. The number of rotatable bonds is 5. The van der Waals surface area contributed by atoms with E-state index < -0.39 is 17.9 Å². The van der Waals surface area contributed by atoms with Crippen molar-refractivity contribution >= 4 is 17.7 Å². The molecule has 3 amide bonds. The number of benzene rings is 1. The van der Waals surface area contributed by atoms with Gasteiger partial charge in [0.15, 0.2) is 0 Å². The van der Waals surface area contributed by atoms with Gasteiger partial charge in [-0.15, -0.1) is 0 Å². The lowest BCUT2D eigenvalue weighted by Crippen LogP contribution is -2.46. The molecule has 0 aliphatic rings. The second kappa shape index (κ2) is 6.53. The van der Waals surface area contributed by atoms with Gasteiger partial charge in [-0.05, 0) is 26.0 Å². The SMILES string of the molecule is Cc1cccc(C(=O)N[C@@H](C)C(=O)NCC(N)=O)c1. The van der Waals surface area contributed by atoms with Crippen LogP contribution in [0, 0.1) is 6.92 Å². The first kappa shape index (κ1) is 14.7. The normalized spacial score (nSPS) is 11.5. The fraction of sp³-hybridized carbons (Fsp3) is 0.308. The third-order valence-corrected chi connectivity index (χ3v) is 2.46. The van der Waals surface area contributed by atoms with Crippen LogP contribution >= 0.6 is 0 Å². The van der Waals surface area contributed by atoms with Gasteiger partial charge in [0.2, 0.25) is 11.8 Å². The summed E-state index contributed by atoms with van der Waals surface area (Å²) in [6, 6.07) is 6.29. The van der Waals surface area contributed by atoms with Crippen LogP contribution in [0.5, 0.6) is 0 Å². The first-order valence-corrected chi connectivity index (χ1v) is 5.83. The molecule has 0 aliphatic heterocycles. The quantitative estimate of drug-likeness (QED) is 0.680. The van der Waals surface area contributed by atoms with Crippen LogP contribution in [0.1, 0.15) is 22.8 Å². The summed E-state index contributed by atoms with van der Waals surface area (Å²) in [5.74, 6) is -1.43. The second-order valence-corrected chi connectivity index (χ2v) is 4.25. The Labute approximate surface area is 111 Å². The molecule has 0 saturated heterocycles. The van der Waals surface area contributed by atoms with Crippen LogP contribution in [0.2, 0.25) is 0 Å². The number of amides is 3. The zero-order valence-electron chi connectivity index (χ0n) is 10.9. The average molecular weight is 263 g/mol. The second-order valence-electron chi connectivity index (χ2n) is 4.25. The third-order valence-electron chi connectivity index (χ3n) is 2.46. The predicted octanol–water partition coefficient (Wildman–Crippen LogP) is -0.285. The molecule has 4 N–H and O–H groups in total. The van der Waals surface area contributed by atoms with Crippen molar-refractivity contribution in [3.8, 4) is 0 Å². The summed E-state index contributed by atoms with van der Waals surface area (Å²) < 4.78 is 0. The van der Waals surface area contributed by atoms with E-state index in [4.69, 9.17) is 5.73 Å². The summed E-state index contributed by atoms with van der Waals surface area (Å²) in [7, 11) is 0. The van der Waals surface area contributed by atoms with Crippen molar-refractivity contribution in [2.75, 3.05) is 6.54 Å². The molecule has 6 nitrogen and oxygen atoms in total. The molecule has 0 saturated carbocycles. The van der Waals surface area contributed by atoms with Gasteiger partial charge in [0.05, 0.1) is 6.54 Å². The van der Waals surface area contributed by atoms with Crippen LogP contribution in [0.4, 0.5) is 0 Å². The Morgan fingerprint density at radius 2 is 2.00 bits per heavy atom. The molecule has 0 spiro atoms. The van der Waals surface area contributed by atoms with Crippen molar-refractivity contribution in [1.82, 2.24) is 10.6 Å². The Morgan fingerprint density at radius 1 is 1.32 bits per heavy atom. The van der Waals surface area contributed by atoms with Crippen molar-refractivity contribution in [3.63, 3.8) is 0 Å². The Kier molecular flexibility index (Phi) is 5.05. The predicted molar refractivity (Wildman–Crippen MR) is 70.3 cm³/mol. The minimum atomic E-state index is -0.743. The first-order valence-electron chi connectivity index (χ1n) is 5.83. The van der Waals surface area contributed by atoms with Gasteiger partial charge in [0, 0.05) is 5.56 Å². The summed E-state index contributed by atoms with van der Waals surface area (Å²) in [4.78, 5) is 33.9. The van der Waals surface area contributed by atoms with Gasteiger partial charge in [-0.2, -0.15) is 0 Å². The monoisotopic (exact) mass is 263 g/mol. The van der Waals surface area contributed by atoms with Gasteiger partial charge < -0.3 is 16.4 Å². The number of primary amides is 1. The third kappa shape index (κ3) is 4.79. The molecular formula is C13H17N3O3. The van der Waals surface area contributed by atoms with Crippen LogP contribution < -0.4 is 16.4 Å². The van der Waals surface area contributed by atoms with E-state index in [-0.39, 0.29) is 12.5 Å². The number of nitrogens with one attached hydrogen (secondary N) is 2. The van der Waals surface area contributed by atoms with Gasteiger partial charge >= 0.3 is 0 Å². The molecule has 6 heteroatoms. The van der Waals surface area contributed by atoms with E-state index in [9.17, 15) is 14.4 Å². The van der Waals surface area contributed by atoms with E-state index in [1.807, 2.05) is 13.0 Å². The highest BCUT2D eigenvalue weighted by molar-refractivity contribution is 5.97. The summed E-state index contributed by atoms with van der Waals surface area (Å²) in [5.41, 5.74) is 6.35. The van der Waals surface area contributed by atoms with Gasteiger partial charge in [0.1, 0.15) is 6.04 Å². The maximum atomic E-state index is 11.9. The molecule has 1 aromatic rings. The zero-order chi connectivity index (χ0) is 14.4. The lowest BCUT2D eigenvalue weighted by Gasteiger charge is -2.13. The number of hydrogen-bond donors (Lipinski definition) is 3. The van der Waals surface area contributed by atoms with Crippen molar-refractivity contribution in [3.05, 3.63) is 35.4 Å². The highest BCUT2D eigenvalue weighted by Crippen LogP contribution is 2.03. The van der Waals surface area contributed by atoms with Crippen molar-refractivity contribution < 1.29 is 14.4 Å². The number of nitrogens with two attached hydrogens (primary N) is 1. The summed E-state index contributed by atoms with van der Waals surface area (Å²) >= 11 is 0. The number of hydrogen-bond acceptors (Lipinski definition) is 3. The zero-order valence-corrected chi connectivity index (χ0v) is 10.9. The maximum absolute atomic E-state index is 11.9. The Morgan fingerprint density at radius 3 is 2.58 bits per heavy atom. The highest BCUT2D eigenvalue weighted by atomic mass is 16.2. The van der Waals surface area contributed by atoms with E-state index in [1.165, 1.54) is 6.92 Å². The Balaban J connectivity index is 2.56. The smallest absolute Gasteiger partial charge is 0.251 e. The van der Waals surface area contributed by atoms with Gasteiger partial charge in [-0.1, -0.05) is 17.7 Å². The standard InChI is InChI=1S/C13H17N3O3/c1-8-4-3-5-10(6-8)13(19)16-9(2)12(18)15-7-11(14)17/h3-6,9H,7H2,1-2H3,(H2,14,17)(H,15,18)(H,16,19)/t9-/m0/s1. The van der Waals surface area contributed by atoms with E-state index in [0.717, 1.165) is 5.56 Å². The molecule has 1 aromatic carbocycles. The largest absolute Gasteiger partial charge is 0.368 e. The minimum absolute atomic E-state index is 0.247. The number of carbonyl (C=O) groups excluding carboxylic acids is 3. The topological polar surface area (TPSA) is 101 Å². The number of carbonyl (C=O) groups is 3. The highest BCUT2D eigenvalue weighted by Gasteiger charge is 2.16. The molecule has 0 unspecified atom stereocenters. The molecule has 0 aromatic heterocycles. The molecule has 1 atom stereocenters. The Bertz CT molecular complexity index is 500. The van der Waals surface area contributed by atoms with Crippen LogP contribution in [-0.4, -0.2) is 30.3 Å². The molecule has 1 rings (SSSR count). The van der Waals surface area contributed by atoms with E-state index in [0.29, 0.717) is 5.56 Å². The van der Waals surface area contributed by atoms with Crippen molar-refractivity contribution in [2.24, 2.45) is 5.73 Å². The van der Waals surface area contributed by atoms with Crippen LogP contribution in [0.15, 0.2) is 24.3 Å². The Hall–Kier alpha value is -2.37. The van der Waals surface area contributed by atoms with Gasteiger partial charge in [0.25, 0.3) is 5.91 Å². The van der Waals surface area contributed by atoms with E-state index in [1.54, 1.807) is 18.2 Å². The molecule has 0 heterocycles. The lowest BCUT2D eigenvalue weighted by molar-refractivity contribution is -0.125. The maximum Gasteiger partial charge on any atom is 0.251 e. The first-order chi connectivity index (χ1) is 8.90. The van der Waals surface area contributed by atoms with E-state index >= 15 is 0 Å². The summed E-state index contributed by atoms with van der Waals surface area (Å²) in [6.07, 6.45) is 0. The average Bonchev–Trinajstić information content (AvgIpc) is 2.35.